The number of non-ortho nitro benzene ring substituents is 1. The molecular weight excluding hydrogens is 482 g/mol. The molecule has 0 aliphatic carbocycles. The van der Waals surface area contributed by atoms with E-state index in [1.54, 1.807) is 30.5 Å². The first kappa shape index (κ1) is 22.2. The second-order valence-electron chi connectivity index (χ2n) is 8.99. The third kappa shape index (κ3) is 3.18. The Morgan fingerprint density at radius 3 is 2.39 bits per heavy atom. The number of nitro groups is 1. The normalized spacial score (nSPS) is 23.9. The maximum atomic E-state index is 13.8. The lowest BCUT2D eigenvalue weighted by Crippen LogP contribution is -2.44. The molecule has 3 heterocycles. The van der Waals surface area contributed by atoms with Crippen molar-refractivity contribution in [2.24, 2.45) is 11.8 Å². The fourth-order valence-electron chi connectivity index (χ4n) is 5.64. The van der Waals surface area contributed by atoms with Gasteiger partial charge in [-0.3, -0.25) is 24.5 Å². The number of hydrogen-bond donors (Lipinski definition) is 0. The van der Waals surface area contributed by atoms with Gasteiger partial charge in [-0.15, -0.1) is 0 Å². The molecule has 2 amide bonds. The maximum Gasteiger partial charge on any atom is 0.271 e. The highest BCUT2D eigenvalue weighted by molar-refractivity contribution is 6.30. The summed E-state index contributed by atoms with van der Waals surface area (Å²) in [6.07, 6.45) is 3.66. The fraction of sp³-hybridized carbons (Fsp3) is 0.148. The number of amides is 2. The summed E-state index contributed by atoms with van der Waals surface area (Å²) in [4.78, 5) is 55.1. The summed E-state index contributed by atoms with van der Waals surface area (Å²) in [5, 5.41) is 11.8. The monoisotopic (exact) mass is 499 g/mol. The largest absolute Gasteiger partial charge is 0.358 e. The topological polar surface area (TPSA) is 101 Å². The smallest absolute Gasteiger partial charge is 0.271 e. The summed E-state index contributed by atoms with van der Waals surface area (Å²) in [5.41, 5.74) is 2.03. The Bertz CT molecular complexity index is 1480. The molecule has 3 aliphatic heterocycles. The molecule has 36 heavy (non-hydrogen) atoms. The summed E-state index contributed by atoms with van der Waals surface area (Å²) in [6.45, 7) is 0. The zero-order valence-electron chi connectivity index (χ0n) is 18.7. The molecule has 9 heteroatoms. The molecule has 0 spiro atoms. The van der Waals surface area contributed by atoms with Crippen molar-refractivity contribution in [2.75, 3.05) is 4.90 Å². The summed E-state index contributed by atoms with van der Waals surface area (Å²) < 4.78 is 0. The number of ketones is 1. The van der Waals surface area contributed by atoms with Gasteiger partial charge in [-0.25, -0.2) is 4.90 Å². The number of nitro benzene ring substituents is 1. The molecule has 0 N–H and O–H groups in total. The van der Waals surface area contributed by atoms with Gasteiger partial charge >= 0.3 is 0 Å². The van der Waals surface area contributed by atoms with E-state index in [1.165, 1.54) is 24.3 Å². The Hall–Kier alpha value is -4.30. The van der Waals surface area contributed by atoms with Crippen LogP contribution in [-0.2, 0) is 9.59 Å². The van der Waals surface area contributed by atoms with Gasteiger partial charge < -0.3 is 4.90 Å². The zero-order valence-corrected chi connectivity index (χ0v) is 19.4. The quantitative estimate of drug-likeness (QED) is 0.224. The van der Waals surface area contributed by atoms with Crippen LogP contribution in [0.2, 0.25) is 5.02 Å². The van der Waals surface area contributed by atoms with Crippen molar-refractivity contribution in [3.05, 3.63) is 111 Å². The number of nitrogens with zero attached hydrogens (tertiary/aromatic N) is 3. The number of carbonyl (C=O) groups is 3. The molecular formula is C27H18ClN3O5. The highest BCUT2D eigenvalue weighted by Crippen LogP contribution is 2.53. The van der Waals surface area contributed by atoms with Gasteiger partial charge in [-0.2, -0.15) is 0 Å². The Labute approximate surface area is 210 Å². The van der Waals surface area contributed by atoms with Crippen LogP contribution in [0.15, 0.2) is 79.0 Å². The Balaban J connectivity index is 1.49. The molecule has 3 aromatic rings. The number of benzene rings is 3. The van der Waals surface area contributed by atoms with E-state index in [1.807, 2.05) is 35.2 Å². The number of fused-ring (bicyclic) bond motifs is 5. The number of Topliss-reactive ketones (excluding diaryl/α,β-unsaturated/α-hetero) is 1. The highest BCUT2D eigenvalue weighted by Gasteiger charge is 2.64. The molecule has 0 aromatic heterocycles. The summed E-state index contributed by atoms with van der Waals surface area (Å²) in [5.74, 6) is -3.10. The van der Waals surface area contributed by atoms with Crippen molar-refractivity contribution < 1.29 is 19.3 Å². The minimum Gasteiger partial charge on any atom is -0.358 e. The van der Waals surface area contributed by atoms with Crippen LogP contribution >= 0.6 is 11.6 Å². The first-order chi connectivity index (χ1) is 17.4. The average Bonchev–Trinajstić information content (AvgIpc) is 3.36. The highest BCUT2D eigenvalue weighted by atomic mass is 35.5. The standard InChI is InChI=1S/C27H18ClN3O5/c28-17-10-8-16(9-11-17)25(32)24-22-21(23-20-7-2-1-4-15(20)12-13-29(23)24)26(33)30(27(22)34)18-5-3-6-19(14-18)31(35)36/h1-14,21-24H/t21-,22+,23+,24-/m0/s1. The second kappa shape index (κ2) is 8.13. The maximum absolute atomic E-state index is 13.8. The first-order valence-corrected chi connectivity index (χ1v) is 11.7. The van der Waals surface area contributed by atoms with E-state index in [0.717, 1.165) is 16.0 Å². The van der Waals surface area contributed by atoms with Crippen LogP contribution in [0, 0.1) is 22.0 Å². The van der Waals surface area contributed by atoms with Gasteiger partial charge in [0, 0.05) is 28.9 Å². The molecule has 2 saturated heterocycles. The minimum atomic E-state index is -0.958. The van der Waals surface area contributed by atoms with Gasteiger partial charge in [0.15, 0.2) is 5.78 Å². The Morgan fingerprint density at radius 2 is 1.64 bits per heavy atom. The number of halogens is 1. The van der Waals surface area contributed by atoms with E-state index < -0.39 is 40.7 Å². The lowest BCUT2D eigenvalue weighted by Gasteiger charge is -2.35. The minimum absolute atomic E-state index is 0.123. The van der Waals surface area contributed by atoms with E-state index >= 15 is 0 Å². The summed E-state index contributed by atoms with van der Waals surface area (Å²) >= 11 is 6.01. The van der Waals surface area contributed by atoms with Gasteiger partial charge in [0.25, 0.3) is 5.69 Å². The predicted molar refractivity (Wildman–Crippen MR) is 132 cm³/mol. The van der Waals surface area contributed by atoms with Crippen LogP contribution < -0.4 is 4.90 Å². The van der Waals surface area contributed by atoms with Crippen molar-refractivity contribution >= 4 is 46.6 Å². The van der Waals surface area contributed by atoms with Gasteiger partial charge in [0.1, 0.15) is 6.04 Å². The summed E-state index contributed by atoms with van der Waals surface area (Å²) in [7, 11) is 0. The number of rotatable bonds is 4. The summed E-state index contributed by atoms with van der Waals surface area (Å²) in [6, 6.07) is 18.0. The van der Waals surface area contributed by atoms with Crippen molar-refractivity contribution in [1.29, 1.82) is 0 Å². The Morgan fingerprint density at radius 1 is 0.917 bits per heavy atom. The molecule has 0 saturated carbocycles. The number of carbonyl (C=O) groups excluding carboxylic acids is 3. The Kier molecular flexibility index (Phi) is 5.01. The van der Waals surface area contributed by atoms with Crippen LogP contribution in [0.1, 0.15) is 27.5 Å². The van der Waals surface area contributed by atoms with Crippen molar-refractivity contribution in [2.45, 2.75) is 12.1 Å². The number of anilines is 1. The molecule has 0 radical (unpaired) electrons. The van der Waals surface area contributed by atoms with Gasteiger partial charge in [0.05, 0.1) is 28.5 Å². The van der Waals surface area contributed by atoms with Crippen LogP contribution in [0.4, 0.5) is 11.4 Å². The van der Waals surface area contributed by atoms with Crippen LogP contribution in [0.3, 0.4) is 0 Å². The van der Waals surface area contributed by atoms with E-state index in [-0.39, 0.29) is 17.2 Å². The fourth-order valence-corrected chi connectivity index (χ4v) is 5.77. The first-order valence-electron chi connectivity index (χ1n) is 11.3. The zero-order chi connectivity index (χ0) is 25.1. The molecule has 8 nitrogen and oxygen atoms in total. The SMILES string of the molecule is O=C(c1ccc(Cl)cc1)[C@@H]1[C@@H]2C(=O)N(c3cccc([N+](=O)[O-])c3)C(=O)[C@@H]2[C@H]2c3ccccc3C=CN12. The second-order valence-corrected chi connectivity index (χ2v) is 9.43. The van der Waals surface area contributed by atoms with Crippen LogP contribution in [-0.4, -0.2) is 33.5 Å². The van der Waals surface area contributed by atoms with Gasteiger partial charge in [-0.1, -0.05) is 41.9 Å². The number of hydrogen-bond acceptors (Lipinski definition) is 6. The molecule has 4 atom stereocenters. The predicted octanol–water partition coefficient (Wildman–Crippen LogP) is 4.65. The van der Waals surface area contributed by atoms with Gasteiger partial charge in [-0.05, 0) is 47.5 Å². The number of imide groups is 1. The average molecular weight is 500 g/mol. The van der Waals surface area contributed by atoms with E-state index in [9.17, 15) is 24.5 Å². The molecule has 2 fully saturated rings. The van der Waals surface area contributed by atoms with Crippen molar-refractivity contribution in [3.8, 4) is 0 Å². The molecule has 0 unspecified atom stereocenters. The third-order valence-corrected chi connectivity index (χ3v) is 7.41. The molecule has 3 aliphatic rings. The van der Waals surface area contributed by atoms with Crippen molar-refractivity contribution in [1.82, 2.24) is 4.90 Å². The van der Waals surface area contributed by atoms with Crippen LogP contribution in [0.5, 0.6) is 0 Å². The molecule has 6 rings (SSSR count). The molecule has 0 bridgehead atoms. The van der Waals surface area contributed by atoms with E-state index in [4.69, 9.17) is 11.6 Å². The molecule has 3 aromatic carbocycles. The van der Waals surface area contributed by atoms with Crippen LogP contribution in [0.25, 0.3) is 6.08 Å². The van der Waals surface area contributed by atoms with Gasteiger partial charge in [0.2, 0.25) is 11.8 Å². The molecule has 178 valence electrons. The third-order valence-electron chi connectivity index (χ3n) is 7.16. The lowest BCUT2D eigenvalue weighted by atomic mass is 9.83. The van der Waals surface area contributed by atoms with E-state index in [2.05, 4.69) is 0 Å². The lowest BCUT2D eigenvalue weighted by molar-refractivity contribution is -0.384. The van der Waals surface area contributed by atoms with Crippen molar-refractivity contribution in [3.63, 3.8) is 0 Å². The van der Waals surface area contributed by atoms with E-state index in [0.29, 0.717) is 10.6 Å².